The molecule has 1 aromatic rings. The van der Waals surface area contributed by atoms with Gasteiger partial charge in [0.1, 0.15) is 6.54 Å². The van der Waals surface area contributed by atoms with Crippen LogP contribution in [0, 0.1) is 23.7 Å². The zero-order valence-corrected chi connectivity index (χ0v) is 18.0. The third-order valence-electron chi connectivity index (χ3n) is 6.70. The van der Waals surface area contributed by atoms with Crippen LogP contribution in [0.15, 0.2) is 47.5 Å². The van der Waals surface area contributed by atoms with Crippen molar-refractivity contribution in [2.75, 3.05) is 12.3 Å². The van der Waals surface area contributed by atoms with Crippen molar-refractivity contribution >= 4 is 34.7 Å². The average molecular weight is 424 g/mol. The minimum Gasteiger partial charge on any atom is -0.283 e. The molecule has 2 aliphatic heterocycles. The second-order valence-electron chi connectivity index (χ2n) is 9.18. The Morgan fingerprint density at radius 1 is 1.10 bits per heavy atom. The Bertz CT molecular complexity index is 941. The summed E-state index contributed by atoms with van der Waals surface area (Å²) in [5, 5.41) is 0.662. The normalized spacial score (nSPS) is 32.5. The van der Waals surface area contributed by atoms with Gasteiger partial charge in [0.2, 0.25) is 17.7 Å². The van der Waals surface area contributed by atoms with Crippen LogP contribution in [0.4, 0.5) is 0 Å². The van der Waals surface area contributed by atoms with E-state index in [1.165, 1.54) is 4.90 Å². The smallest absolute Gasteiger partial charge is 0.249 e. The van der Waals surface area contributed by atoms with Crippen LogP contribution in [0.2, 0.25) is 0 Å². The lowest BCUT2D eigenvalue weighted by Gasteiger charge is -2.31. The number of thioether (sulfide) groups is 1. The minimum absolute atomic E-state index is 0.151. The summed E-state index contributed by atoms with van der Waals surface area (Å²) in [4.78, 5) is 46.8. The molecule has 30 heavy (non-hydrogen) atoms. The van der Waals surface area contributed by atoms with Crippen molar-refractivity contribution in [1.29, 1.82) is 0 Å². The van der Waals surface area contributed by atoms with Gasteiger partial charge in [-0.05, 0) is 37.7 Å². The highest BCUT2D eigenvalue weighted by atomic mass is 32.2. The molecule has 0 radical (unpaired) electrons. The van der Waals surface area contributed by atoms with Gasteiger partial charge in [-0.25, -0.2) is 0 Å². The van der Waals surface area contributed by atoms with Gasteiger partial charge in [0.15, 0.2) is 5.17 Å². The van der Waals surface area contributed by atoms with E-state index in [1.54, 1.807) is 16.7 Å². The molecule has 1 aromatic carbocycles. The molecule has 0 N–H and O–H groups in total. The van der Waals surface area contributed by atoms with Crippen molar-refractivity contribution in [3.8, 4) is 0 Å². The van der Waals surface area contributed by atoms with Gasteiger partial charge in [0.25, 0.3) is 0 Å². The molecule has 1 saturated carbocycles. The first-order chi connectivity index (χ1) is 14.4. The second-order valence-corrected chi connectivity index (χ2v) is 10.1. The first-order valence-corrected chi connectivity index (χ1v) is 11.4. The number of likely N-dealkylation sites (tertiary alicyclic amines) is 1. The van der Waals surface area contributed by atoms with Gasteiger partial charge in [-0.15, -0.1) is 0 Å². The number of hydrogen-bond acceptors (Lipinski definition) is 5. The summed E-state index contributed by atoms with van der Waals surface area (Å²) in [5.74, 6) is -0.103. The SMILES string of the molecule is CC1(C)CSC(=NCc2ccccc2)N1C(=O)CN1C(=O)C2C3C=CC(C3)C2C1=O. The van der Waals surface area contributed by atoms with Gasteiger partial charge < -0.3 is 0 Å². The Balaban J connectivity index is 1.34. The standard InChI is InChI=1S/C23H25N3O3S/c1-23(2)13-30-22(24-11-14-6-4-3-5-7-14)26(23)17(27)12-25-20(28)18-15-8-9-16(10-15)19(18)21(25)29/h3-9,15-16,18-19H,10-13H2,1-2H3. The largest absolute Gasteiger partial charge is 0.283 e. The molecule has 4 atom stereocenters. The maximum Gasteiger partial charge on any atom is 0.249 e. The third-order valence-corrected chi connectivity index (χ3v) is 8.12. The fourth-order valence-corrected chi connectivity index (χ4v) is 6.50. The summed E-state index contributed by atoms with van der Waals surface area (Å²) in [6.45, 7) is 4.28. The van der Waals surface area contributed by atoms with Crippen LogP contribution in [0.3, 0.4) is 0 Å². The summed E-state index contributed by atoms with van der Waals surface area (Å²) in [7, 11) is 0. The van der Waals surface area contributed by atoms with Gasteiger partial charge in [-0.3, -0.25) is 29.2 Å². The highest BCUT2D eigenvalue weighted by Gasteiger charge is 2.59. The Morgan fingerprint density at radius 2 is 1.73 bits per heavy atom. The lowest BCUT2D eigenvalue weighted by Crippen LogP contribution is -2.51. The van der Waals surface area contributed by atoms with Crippen LogP contribution in [-0.4, -0.2) is 50.5 Å². The number of imide groups is 1. The molecule has 3 amide bonds. The van der Waals surface area contributed by atoms with Gasteiger partial charge in [0, 0.05) is 5.75 Å². The summed E-state index contributed by atoms with van der Waals surface area (Å²) in [5.41, 5.74) is 0.655. The molecule has 2 saturated heterocycles. The van der Waals surface area contributed by atoms with Crippen LogP contribution < -0.4 is 0 Å². The number of carbonyl (C=O) groups excluding carboxylic acids is 3. The van der Waals surface area contributed by atoms with E-state index in [-0.39, 0.29) is 47.9 Å². The molecule has 0 aromatic heterocycles. The maximum atomic E-state index is 13.3. The lowest BCUT2D eigenvalue weighted by molar-refractivity contribution is -0.146. The van der Waals surface area contributed by atoms with Crippen LogP contribution in [0.25, 0.3) is 0 Å². The van der Waals surface area contributed by atoms with E-state index in [4.69, 9.17) is 0 Å². The van der Waals surface area contributed by atoms with E-state index >= 15 is 0 Å². The van der Waals surface area contributed by atoms with Crippen LogP contribution in [-0.2, 0) is 20.9 Å². The highest BCUT2D eigenvalue weighted by molar-refractivity contribution is 8.14. The van der Waals surface area contributed by atoms with Crippen molar-refractivity contribution in [1.82, 2.24) is 9.80 Å². The van der Waals surface area contributed by atoms with Crippen molar-refractivity contribution in [2.45, 2.75) is 32.4 Å². The molecule has 156 valence electrons. The molecular formula is C23H25N3O3S. The van der Waals surface area contributed by atoms with Crippen LogP contribution >= 0.6 is 11.8 Å². The lowest BCUT2D eigenvalue weighted by atomic mass is 9.85. The predicted octanol–water partition coefficient (Wildman–Crippen LogP) is 2.70. The summed E-state index contributed by atoms with van der Waals surface area (Å²) >= 11 is 1.55. The predicted molar refractivity (Wildman–Crippen MR) is 115 cm³/mol. The average Bonchev–Trinajstić information content (AvgIpc) is 3.46. The number of nitrogens with zero attached hydrogens (tertiary/aromatic N) is 3. The molecule has 2 aliphatic carbocycles. The molecule has 2 bridgehead atoms. The van der Waals surface area contributed by atoms with E-state index in [9.17, 15) is 14.4 Å². The van der Waals surface area contributed by atoms with Gasteiger partial charge in [-0.2, -0.15) is 0 Å². The summed E-state index contributed by atoms with van der Waals surface area (Å²) in [6, 6.07) is 9.90. The van der Waals surface area contributed by atoms with Crippen LogP contribution in [0.5, 0.6) is 0 Å². The Labute approximate surface area is 180 Å². The topological polar surface area (TPSA) is 70.1 Å². The molecule has 0 spiro atoms. The molecular weight excluding hydrogens is 398 g/mol. The maximum absolute atomic E-state index is 13.3. The number of carbonyl (C=O) groups is 3. The number of amidine groups is 1. The first kappa shape index (κ1) is 19.5. The Morgan fingerprint density at radius 3 is 2.37 bits per heavy atom. The second kappa shape index (κ2) is 7.08. The third kappa shape index (κ3) is 3.02. The number of amides is 3. The summed E-state index contributed by atoms with van der Waals surface area (Å²) < 4.78 is 0. The minimum atomic E-state index is -0.417. The first-order valence-electron chi connectivity index (χ1n) is 10.4. The molecule has 7 heteroatoms. The number of fused-ring (bicyclic) bond motifs is 5. The molecule has 4 aliphatic rings. The van der Waals surface area contributed by atoms with Crippen molar-refractivity contribution in [3.05, 3.63) is 48.0 Å². The highest BCUT2D eigenvalue weighted by Crippen LogP contribution is 2.52. The molecule has 2 heterocycles. The van der Waals surface area contributed by atoms with Gasteiger partial charge in [-0.1, -0.05) is 54.2 Å². The fraction of sp³-hybridized carbons (Fsp3) is 0.478. The van der Waals surface area contributed by atoms with Gasteiger partial charge in [0.05, 0.1) is 23.9 Å². The van der Waals surface area contributed by atoms with E-state index in [1.807, 2.05) is 44.2 Å². The number of benzene rings is 1. The monoisotopic (exact) mass is 423 g/mol. The molecule has 4 unspecified atom stereocenters. The van der Waals surface area contributed by atoms with E-state index in [0.29, 0.717) is 11.7 Å². The fourth-order valence-electron chi connectivity index (χ4n) is 5.26. The number of rotatable bonds is 4. The molecule has 6 nitrogen and oxygen atoms in total. The quantitative estimate of drug-likeness (QED) is 0.552. The van der Waals surface area contributed by atoms with Crippen LogP contribution in [0.1, 0.15) is 25.8 Å². The summed E-state index contributed by atoms with van der Waals surface area (Å²) in [6.07, 6.45) is 5.02. The van der Waals surface area contributed by atoms with Gasteiger partial charge >= 0.3 is 0 Å². The number of hydrogen-bond donors (Lipinski definition) is 0. The Kier molecular flexibility index (Phi) is 4.61. The van der Waals surface area contributed by atoms with Crippen molar-refractivity contribution < 1.29 is 14.4 Å². The van der Waals surface area contributed by atoms with Crippen molar-refractivity contribution in [2.24, 2.45) is 28.7 Å². The molecule has 5 rings (SSSR count). The molecule has 3 fully saturated rings. The number of allylic oxidation sites excluding steroid dienone is 2. The van der Waals surface area contributed by atoms with Crippen molar-refractivity contribution in [3.63, 3.8) is 0 Å². The zero-order valence-electron chi connectivity index (χ0n) is 17.2. The van der Waals surface area contributed by atoms with E-state index in [0.717, 1.165) is 17.7 Å². The van der Waals surface area contributed by atoms with E-state index < -0.39 is 5.54 Å². The Hall–Kier alpha value is -2.41. The number of aliphatic imine (C=N–C) groups is 1. The zero-order chi connectivity index (χ0) is 21.0. The van der Waals surface area contributed by atoms with E-state index in [2.05, 4.69) is 17.1 Å².